The number of fused-ring (bicyclic) bond motifs is 3. The van der Waals surface area contributed by atoms with Gasteiger partial charge in [-0.3, -0.25) is 6.67 Å². The topological polar surface area (TPSA) is 31.4 Å². The zero-order valence-corrected chi connectivity index (χ0v) is 26.2. The predicted molar refractivity (Wildman–Crippen MR) is 162 cm³/mol. The number of benzene rings is 3. The van der Waals surface area contributed by atoms with Gasteiger partial charge in [0, 0.05) is 0 Å². The first-order valence-corrected chi connectivity index (χ1v) is 20.1. The van der Waals surface area contributed by atoms with Crippen LogP contribution in [0.3, 0.4) is 0 Å². The van der Waals surface area contributed by atoms with Crippen LogP contribution in [0.2, 0.25) is 18.6 Å². The van der Waals surface area contributed by atoms with Crippen LogP contribution in [0.15, 0.2) is 72.8 Å². The molecule has 2 fully saturated rings. The molecule has 3 aromatic carbocycles. The number of halogens is 2. The van der Waals surface area contributed by atoms with Crippen molar-refractivity contribution >= 4 is 54.0 Å². The molecule has 1 saturated heterocycles. The fraction of sp³-hybridized carbons (Fsp3) is 0.367. The van der Waals surface area contributed by atoms with Gasteiger partial charge >= 0.3 is 35.6 Å². The van der Waals surface area contributed by atoms with E-state index in [2.05, 4.69) is 108 Å². The summed E-state index contributed by atoms with van der Waals surface area (Å²) in [5, 5.41) is 14.7. The van der Waals surface area contributed by atoms with Gasteiger partial charge in [0.15, 0.2) is 0 Å². The van der Waals surface area contributed by atoms with Crippen molar-refractivity contribution < 1.29 is 17.0 Å². The van der Waals surface area contributed by atoms with Crippen LogP contribution in [0.25, 0.3) is 37.8 Å². The molecule has 0 amide bonds. The second kappa shape index (κ2) is 12.5. The summed E-state index contributed by atoms with van der Waals surface area (Å²) in [4.78, 5) is 0. The zero-order chi connectivity index (χ0) is 25.3. The fourth-order valence-corrected chi connectivity index (χ4v) is 11.3. The minimum absolute atomic E-state index is 0. The third-order valence-corrected chi connectivity index (χ3v) is 13.1. The summed E-state index contributed by atoms with van der Waals surface area (Å²) in [5.74, 6) is 1.88. The van der Waals surface area contributed by atoms with E-state index in [-0.39, 0.29) is 7.43 Å². The van der Waals surface area contributed by atoms with Crippen molar-refractivity contribution in [2.45, 2.75) is 32.0 Å². The van der Waals surface area contributed by atoms with Gasteiger partial charge in [-0.05, 0) is 68.5 Å². The van der Waals surface area contributed by atoms with Gasteiger partial charge in [-0.25, -0.2) is 0 Å². The fourth-order valence-electron chi connectivity index (χ4n) is 7.12. The van der Waals surface area contributed by atoms with Crippen LogP contribution in [0.5, 0.6) is 0 Å². The van der Waals surface area contributed by atoms with Crippen LogP contribution < -0.4 is 0 Å². The van der Waals surface area contributed by atoms with Gasteiger partial charge in [0.25, 0.3) is 0 Å². The zero-order valence-electron chi connectivity index (χ0n) is 22.2. The first kappa shape index (κ1) is 29.0. The van der Waals surface area contributed by atoms with Crippen LogP contribution in [0, 0.1) is 25.2 Å². The van der Waals surface area contributed by atoms with Gasteiger partial charge in [-0.15, -0.1) is 13.3 Å². The Hall–Kier alpha value is -0.949. The number of allylic oxidation sites excluding steroid dienone is 4. The Labute approximate surface area is 240 Å². The number of hydrogen-bond acceptors (Lipinski definition) is 1. The van der Waals surface area contributed by atoms with E-state index in [4.69, 9.17) is 18.6 Å². The van der Waals surface area contributed by atoms with E-state index in [0.29, 0.717) is 30.0 Å². The normalized spacial score (nSPS) is 25.8. The molecule has 1 heterocycles. The summed E-state index contributed by atoms with van der Waals surface area (Å²) in [7, 11) is 8.07. The first-order chi connectivity index (χ1) is 17.5. The SMILES string of the molecule is CC1CC2C(c3c4ccccc4cc4ccccc34)=CC=CC2C1[Si](C)(C)N1C[N-]C[N-]C1.[CH3-].[Cl][Ti+4][Cl]. The molecule has 4 atom stereocenters. The van der Waals surface area contributed by atoms with Crippen molar-refractivity contribution in [3.8, 4) is 0 Å². The van der Waals surface area contributed by atoms with E-state index in [1.165, 1.54) is 33.5 Å². The van der Waals surface area contributed by atoms with Crippen LogP contribution in [-0.4, -0.2) is 32.8 Å². The standard InChI is InChI=1S/C29H33N3Si.CH3.2ClH.Ti/c1-20-15-27-25(13-8-14-26(27)29(20)33(2,3)32-18-30-17-31-19-32)28-23-11-6-4-9-21(23)16-22-10-5-7-12-24(22)28;;;;/h4-14,16,20,26-27,29H,15,17-19H2,1-3H3;1H3;2*1H;/q-2;-1;;;+6/p-2. The molecule has 1 saturated carbocycles. The number of rotatable bonds is 3. The number of nitrogens with zero attached hydrogens (tertiary/aromatic N) is 3. The van der Waals surface area contributed by atoms with E-state index in [1.54, 1.807) is 5.57 Å². The third-order valence-electron chi connectivity index (χ3n) is 8.56. The molecular weight excluding hydrogens is 549 g/mol. The Bertz CT molecular complexity index is 1230. The molecule has 0 aromatic heterocycles. The van der Waals surface area contributed by atoms with Gasteiger partial charge in [0.1, 0.15) is 8.24 Å². The summed E-state index contributed by atoms with van der Waals surface area (Å²) in [6.45, 7) is 10.0. The Morgan fingerprint density at radius 1 is 0.946 bits per heavy atom. The van der Waals surface area contributed by atoms with Crippen molar-refractivity contribution in [3.63, 3.8) is 0 Å². The summed E-state index contributed by atoms with van der Waals surface area (Å²) >= 11 is -0.556. The maximum atomic E-state index is 4.89. The van der Waals surface area contributed by atoms with Crippen LogP contribution >= 0.6 is 18.6 Å². The van der Waals surface area contributed by atoms with Crippen molar-refractivity contribution in [1.82, 2.24) is 4.57 Å². The first-order valence-electron chi connectivity index (χ1n) is 12.7. The van der Waals surface area contributed by atoms with Gasteiger partial charge in [-0.1, -0.05) is 86.8 Å². The van der Waals surface area contributed by atoms with Crippen molar-refractivity contribution in [2.24, 2.45) is 17.8 Å². The molecule has 3 nitrogen and oxygen atoms in total. The Kier molecular flexibility index (Phi) is 9.80. The molecule has 3 aliphatic rings. The Balaban J connectivity index is 0.000000765. The minimum atomic E-state index is -1.71. The average molecular weight is 585 g/mol. The molecule has 7 heteroatoms. The monoisotopic (exact) mass is 584 g/mol. The molecular formula is C30H36Cl2N3SiTi+. The predicted octanol–water partition coefficient (Wildman–Crippen LogP) is 9.56. The average Bonchev–Trinajstić information content (AvgIpc) is 3.25. The molecule has 4 unspecified atom stereocenters. The molecule has 1 aliphatic heterocycles. The summed E-state index contributed by atoms with van der Waals surface area (Å²) in [6, 6.07) is 20.2. The summed E-state index contributed by atoms with van der Waals surface area (Å²) < 4.78 is 2.62. The Morgan fingerprint density at radius 2 is 1.51 bits per heavy atom. The molecule has 2 aliphatic carbocycles. The van der Waals surface area contributed by atoms with Crippen LogP contribution in [0.1, 0.15) is 18.9 Å². The van der Waals surface area contributed by atoms with E-state index in [1.807, 2.05) is 0 Å². The van der Waals surface area contributed by atoms with Crippen LogP contribution in [-0.2, 0) is 17.0 Å². The van der Waals surface area contributed by atoms with E-state index in [0.717, 1.165) is 13.3 Å². The van der Waals surface area contributed by atoms with Crippen molar-refractivity contribution in [1.29, 1.82) is 0 Å². The molecule has 3 aromatic rings. The van der Waals surface area contributed by atoms with Gasteiger partial charge in [0.2, 0.25) is 0 Å². The molecule has 0 bridgehead atoms. The molecule has 6 rings (SSSR count). The summed E-state index contributed by atoms with van der Waals surface area (Å²) in [6.07, 6.45) is 8.57. The van der Waals surface area contributed by atoms with E-state index < -0.39 is 25.3 Å². The van der Waals surface area contributed by atoms with E-state index >= 15 is 0 Å². The quantitative estimate of drug-likeness (QED) is 0.171. The van der Waals surface area contributed by atoms with Crippen LogP contribution in [0.4, 0.5) is 0 Å². The Morgan fingerprint density at radius 3 is 2.11 bits per heavy atom. The number of hydrogen-bond donors (Lipinski definition) is 0. The van der Waals surface area contributed by atoms with E-state index in [9.17, 15) is 0 Å². The molecule has 0 radical (unpaired) electrons. The molecule has 0 N–H and O–H groups in total. The third kappa shape index (κ3) is 5.55. The molecule has 192 valence electrons. The molecule has 37 heavy (non-hydrogen) atoms. The maximum absolute atomic E-state index is 4.89. The van der Waals surface area contributed by atoms with Crippen molar-refractivity contribution in [3.05, 3.63) is 96.4 Å². The molecule has 0 spiro atoms. The second-order valence-electron chi connectivity index (χ2n) is 10.8. The van der Waals surface area contributed by atoms with Gasteiger partial charge in [-0.2, -0.15) is 0 Å². The van der Waals surface area contributed by atoms with Gasteiger partial charge < -0.3 is 22.6 Å². The van der Waals surface area contributed by atoms with Gasteiger partial charge in [0.05, 0.1) is 0 Å². The summed E-state index contributed by atoms with van der Waals surface area (Å²) in [5.41, 5.74) is 3.72. The second-order valence-corrected chi connectivity index (χ2v) is 17.9. The van der Waals surface area contributed by atoms with Crippen molar-refractivity contribution in [2.75, 3.05) is 20.0 Å².